The molecular weight excluding hydrogens is 227 g/mol. The predicted molar refractivity (Wildman–Crippen MR) is 59.8 cm³/mol. The van der Waals surface area contributed by atoms with Crippen molar-refractivity contribution >= 4 is 11.5 Å². The van der Waals surface area contributed by atoms with E-state index in [0.717, 1.165) is 22.7 Å². The maximum Gasteiger partial charge on any atom is 0.129 e. The fourth-order valence-corrected chi connectivity index (χ4v) is 2.18. The SMILES string of the molecule is Cc1cc(C)c(C(O)c2csnn2)c(F)c1. The van der Waals surface area contributed by atoms with Gasteiger partial charge in [0.25, 0.3) is 0 Å². The molecule has 0 aliphatic carbocycles. The van der Waals surface area contributed by atoms with Gasteiger partial charge in [-0.3, -0.25) is 0 Å². The second-order valence-corrected chi connectivity index (χ2v) is 4.32. The second-order valence-electron chi connectivity index (χ2n) is 3.71. The standard InChI is InChI=1S/C11H11FN2OS/c1-6-3-7(2)10(8(12)4-6)11(15)9-5-16-14-13-9/h3-5,11,15H,1-2H3. The average Bonchev–Trinajstić information content (AvgIpc) is 2.67. The van der Waals surface area contributed by atoms with Crippen LogP contribution >= 0.6 is 11.5 Å². The molecule has 16 heavy (non-hydrogen) atoms. The Morgan fingerprint density at radius 3 is 2.69 bits per heavy atom. The lowest BCUT2D eigenvalue weighted by atomic mass is 9.99. The van der Waals surface area contributed by atoms with Crippen LogP contribution in [0.2, 0.25) is 0 Å². The first-order valence-corrected chi connectivity index (χ1v) is 5.65. The first-order chi connectivity index (χ1) is 7.59. The Bertz CT molecular complexity index is 476. The summed E-state index contributed by atoms with van der Waals surface area (Å²) < 4.78 is 17.4. The zero-order valence-electron chi connectivity index (χ0n) is 8.94. The fraction of sp³-hybridized carbons (Fsp3) is 0.273. The minimum atomic E-state index is -1.04. The van der Waals surface area contributed by atoms with E-state index in [0.29, 0.717) is 5.69 Å². The molecule has 0 spiro atoms. The van der Waals surface area contributed by atoms with Crippen LogP contribution in [0, 0.1) is 19.7 Å². The van der Waals surface area contributed by atoms with Crippen molar-refractivity contribution in [3.63, 3.8) is 0 Å². The third kappa shape index (κ3) is 1.96. The lowest BCUT2D eigenvalue weighted by molar-refractivity contribution is 0.209. The van der Waals surface area contributed by atoms with Gasteiger partial charge < -0.3 is 5.11 Å². The van der Waals surface area contributed by atoms with Crippen molar-refractivity contribution < 1.29 is 9.50 Å². The van der Waals surface area contributed by atoms with E-state index in [1.165, 1.54) is 6.07 Å². The van der Waals surface area contributed by atoms with Gasteiger partial charge >= 0.3 is 0 Å². The summed E-state index contributed by atoms with van der Waals surface area (Å²) in [5.74, 6) is -0.405. The largest absolute Gasteiger partial charge is 0.382 e. The van der Waals surface area contributed by atoms with E-state index < -0.39 is 11.9 Å². The molecule has 1 unspecified atom stereocenters. The molecule has 0 amide bonds. The van der Waals surface area contributed by atoms with Gasteiger partial charge in [-0.05, 0) is 42.6 Å². The molecule has 5 heteroatoms. The molecule has 1 aromatic carbocycles. The van der Waals surface area contributed by atoms with Gasteiger partial charge in [0.15, 0.2) is 0 Å². The summed E-state index contributed by atoms with van der Waals surface area (Å²) in [6.07, 6.45) is -1.04. The minimum absolute atomic E-state index is 0.276. The van der Waals surface area contributed by atoms with Crippen molar-refractivity contribution in [1.29, 1.82) is 0 Å². The summed E-state index contributed by atoms with van der Waals surface area (Å²) in [7, 11) is 0. The highest BCUT2D eigenvalue weighted by Crippen LogP contribution is 2.27. The van der Waals surface area contributed by atoms with Crippen LogP contribution in [0.1, 0.15) is 28.5 Å². The highest BCUT2D eigenvalue weighted by Gasteiger charge is 2.19. The molecule has 0 fully saturated rings. The van der Waals surface area contributed by atoms with E-state index in [1.54, 1.807) is 12.3 Å². The van der Waals surface area contributed by atoms with E-state index in [2.05, 4.69) is 9.59 Å². The Labute approximate surface area is 96.7 Å². The summed E-state index contributed by atoms with van der Waals surface area (Å²) in [5.41, 5.74) is 2.22. The molecule has 1 atom stereocenters. The summed E-state index contributed by atoms with van der Waals surface area (Å²) in [5, 5.41) is 15.4. The highest BCUT2D eigenvalue weighted by molar-refractivity contribution is 7.03. The minimum Gasteiger partial charge on any atom is -0.382 e. The van der Waals surface area contributed by atoms with Gasteiger partial charge in [-0.1, -0.05) is 10.6 Å². The van der Waals surface area contributed by atoms with Gasteiger partial charge in [0.05, 0.1) is 0 Å². The lowest BCUT2D eigenvalue weighted by Gasteiger charge is -2.13. The Balaban J connectivity index is 2.48. The van der Waals surface area contributed by atoms with Gasteiger partial charge in [0.2, 0.25) is 0 Å². The summed E-state index contributed by atoms with van der Waals surface area (Å²) >= 11 is 1.13. The number of aliphatic hydroxyl groups excluding tert-OH is 1. The van der Waals surface area contributed by atoms with Crippen molar-refractivity contribution in [3.8, 4) is 0 Å². The van der Waals surface area contributed by atoms with Crippen molar-refractivity contribution in [2.45, 2.75) is 20.0 Å². The number of rotatable bonds is 2. The molecule has 0 aliphatic heterocycles. The maximum absolute atomic E-state index is 13.7. The Kier molecular flexibility index (Phi) is 2.98. The van der Waals surface area contributed by atoms with E-state index in [9.17, 15) is 9.50 Å². The van der Waals surface area contributed by atoms with Gasteiger partial charge in [-0.25, -0.2) is 4.39 Å². The highest BCUT2D eigenvalue weighted by atomic mass is 32.1. The van der Waals surface area contributed by atoms with Crippen LogP contribution in [0.3, 0.4) is 0 Å². The Morgan fingerprint density at radius 1 is 1.38 bits per heavy atom. The van der Waals surface area contributed by atoms with Crippen LogP contribution in [0.5, 0.6) is 0 Å². The fourth-order valence-electron chi connectivity index (χ4n) is 1.71. The number of nitrogens with zero attached hydrogens (tertiary/aromatic N) is 2. The maximum atomic E-state index is 13.7. The number of aromatic nitrogens is 2. The summed E-state index contributed by atoms with van der Waals surface area (Å²) in [6.45, 7) is 3.59. The van der Waals surface area contributed by atoms with Gasteiger partial charge in [-0.15, -0.1) is 5.10 Å². The first kappa shape index (κ1) is 11.2. The molecule has 0 saturated carbocycles. The second kappa shape index (κ2) is 4.27. The van der Waals surface area contributed by atoms with Crippen LogP contribution in [-0.2, 0) is 0 Å². The first-order valence-electron chi connectivity index (χ1n) is 4.81. The van der Waals surface area contributed by atoms with Crippen molar-refractivity contribution in [3.05, 3.63) is 45.7 Å². The smallest absolute Gasteiger partial charge is 0.129 e. The summed E-state index contributed by atoms with van der Waals surface area (Å²) in [6, 6.07) is 3.24. The molecular formula is C11H11FN2OS. The molecule has 2 rings (SSSR count). The normalized spacial score (nSPS) is 12.8. The Morgan fingerprint density at radius 2 is 2.12 bits per heavy atom. The molecule has 1 aromatic heterocycles. The van der Waals surface area contributed by atoms with E-state index >= 15 is 0 Å². The van der Waals surface area contributed by atoms with Crippen LogP contribution in [0.25, 0.3) is 0 Å². The van der Waals surface area contributed by atoms with Crippen molar-refractivity contribution in [2.24, 2.45) is 0 Å². The average molecular weight is 238 g/mol. The monoisotopic (exact) mass is 238 g/mol. The number of aryl methyl sites for hydroxylation is 2. The lowest BCUT2D eigenvalue weighted by Crippen LogP contribution is -2.06. The molecule has 84 valence electrons. The third-order valence-electron chi connectivity index (χ3n) is 2.41. The summed E-state index contributed by atoms with van der Waals surface area (Å²) in [4.78, 5) is 0. The van der Waals surface area contributed by atoms with Crippen LogP contribution in [0.4, 0.5) is 4.39 Å². The topological polar surface area (TPSA) is 46.0 Å². The third-order valence-corrected chi connectivity index (χ3v) is 2.93. The van der Waals surface area contributed by atoms with Gasteiger partial charge in [0, 0.05) is 10.9 Å². The molecule has 0 bridgehead atoms. The number of hydrogen-bond donors (Lipinski definition) is 1. The number of aliphatic hydroxyl groups is 1. The molecule has 0 radical (unpaired) electrons. The Hall–Kier alpha value is -1.33. The number of halogens is 1. The van der Waals surface area contributed by atoms with E-state index in [-0.39, 0.29) is 5.56 Å². The molecule has 1 N–H and O–H groups in total. The van der Waals surface area contributed by atoms with Crippen LogP contribution < -0.4 is 0 Å². The molecule has 0 saturated heterocycles. The number of benzene rings is 1. The quantitative estimate of drug-likeness (QED) is 0.873. The van der Waals surface area contributed by atoms with E-state index in [4.69, 9.17) is 0 Å². The molecule has 3 nitrogen and oxygen atoms in total. The zero-order chi connectivity index (χ0) is 11.7. The van der Waals surface area contributed by atoms with Crippen LogP contribution in [-0.4, -0.2) is 14.7 Å². The molecule has 1 heterocycles. The number of hydrogen-bond acceptors (Lipinski definition) is 4. The van der Waals surface area contributed by atoms with Gasteiger partial charge in [-0.2, -0.15) is 0 Å². The van der Waals surface area contributed by atoms with E-state index in [1.807, 2.05) is 13.0 Å². The predicted octanol–water partition coefficient (Wildman–Crippen LogP) is 2.38. The van der Waals surface area contributed by atoms with Crippen LogP contribution in [0.15, 0.2) is 17.5 Å². The molecule has 2 aromatic rings. The van der Waals surface area contributed by atoms with Gasteiger partial charge in [0.1, 0.15) is 17.6 Å². The molecule has 0 aliphatic rings. The zero-order valence-corrected chi connectivity index (χ0v) is 9.75. The van der Waals surface area contributed by atoms with Crippen molar-refractivity contribution in [1.82, 2.24) is 9.59 Å². The van der Waals surface area contributed by atoms with Crippen molar-refractivity contribution in [2.75, 3.05) is 0 Å².